The SMILES string of the molecule is Cc1ccc2nc(CSc3nnc(N4CCCC4)s3)cn2c1. The summed E-state index contributed by atoms with van der Waals surface area (Å²) in [4.78, 5) is 6.97. The van der Waals surface area contributed by atoms with Crippen molar-refractivity contribution in [1.29, 1.82) is 0 Å². The van der Waals surface area contributed by atoms with E-state index in [1.165, 1.54) is 18.4 Å². The Morgan fingerprint density at radius 1 is 1.18 bits per heavy atom. The number of imidazole rings is 1. The largest absolute Gasteiger partial charge is 0.347 e. The molecule has 0 unspecified atom stereocenters. The highest BCUT2D eigenvalue weighted by Gasteiger charge is 2.17. The van der Waals surface area contributed by atoms with Crippen LogP contribution >= 0.6 is 23.1 Å². The third-order valence-electron chi connectivity index (χ3n) is 3.76. The summed E-state index contributed by atoms with van der Waals surface area (Å²) in [6.45, 7) is 4.32. The van der Waals surface area contributed by atoms with Gasteiger partial charge in [0.05, 0.1) is 5.69 Å². The third kappa shape index (κ3) is 2.83. The minimum Gasteiger partial charge on any atom is -0.347 e. The summed E-state index contributed by atoms with van der Waals surface area (Å²) in [7, 11) is 0. The van der Waals surface area contributed by atoms with Crippen LogP contribution in [0.5, 0.6) is 0 Å². The van der Waals surface area contributed by atoms with E-state index in [-0.39, 0.29) is 0 Å². The Morgan fingerprint density at radius 2 is 2.05 bits per heavy atom. The number of hydrogen-bond donors (Lipinski definition) is 0. The van der Waals surface area contributed by atoms with Gasteiger partial charge in [0.2, 0.25) is 5.13 Å². The number of fused-ring (bicyclic) bond motifs is 1. The van der Waals surface area contributed by atoms with Gasteiger partial charge < -0.3 is 9.30 Å². The quantitative estimate of drug-likeness (QED) is 0.686. The van der Waals surface area contributed by atoms with E-state index in [9.17, 15) is 0 Å². The molecule has 0 atom stereocenters. The highest BCUT2D eigenvalue weighted by molar-refractivity contribution is 8.00. The van der Waals surface area contributed by atoms with Gasteiger partial charge in [-0.3, -0.25) is 0 Å². The average molecular weight is 331 g/mol. The van der Waals surface area contributed by atoms with Gasteiger partial charge in [0, 0.05) is 31.2 Å². The summed E-state index contributed by atoms with van der Waals surface area (Å²) in [5.41, 5.74) is 3.31. The van der Waals surface area contributed by atoms with Gasteiger partial charge in [-0.05, 0) is 31.4 Å². The molecule has 22 heavy (non-hydrogen) atoms. The summed E-state index contributed by atoms with van der Waals surface area (Å²) in [6, 6.07) is 4.15. The standard InChI is InChI=1S/C15H17N5S2/c1-11-4-5-13-16-12(9-20(13)8-11)10-21-15-18-17-14(22-15)19-6-2-3-7-19/h4-5,8-9H,2-3,6-7,10H2,1H3. The first-order chi connectivity index (χ1) is 10.8. The van der Waals surface area contributed by atoms with E-state index in [1.54, 1.807) is 23.1 Å². The summed E-state index contributed by atoms with van der Waals surface area (Å²) >= 11 is 3.41. The molecule has 114 valence electrons. The van der Waals surface area contributed by atoms with Crippen molar-refractivity contribution in [3.8, 4) is 0 Å². The molecular formula is C15H17N5S2. The minimum atomic E-state index is 0.829. The van der Waals surface area contributed by atoms with Gasteiger partial charge in [-0.2, -0.15) is 0 Å². The second kappa shape index (κ2) is 5.89. The van der Waals surface area contributed by atoms with Gasteiger partial charge in [0.15, 0.2) is 4.34 Å². The molecule has 0 spiro atoms. The topological polar surface area (TPSA) is 46.3 Å². The lowest BCUT2D eigenvalue weighted by atomic mass is 10.3. The maximum Gasteiger partial charge on any atom is 0.209 e. The smallest absolute Gasteiger partial charge is 0.209 e. The summed E-state index contributed by atoms with van der Waals surface area (Å²) in [5, 5.41) is 9.67. The molecule has 5 nitrogen and oxygen atoms in total. The third-order valence-corrected chi connectivity index (χ3v) is 5.92. The van der Waals surface area contributed by atoms with Crippen LogP contribution in [0.2, 0.25) is 0 Å². The van der Waals surface area contributed by atoms with E-state index in [2.05, 4.69) is 55.9 Å². The van der Waals surface area contributed by atoms with E-state index in [0.29, 0.717) is 0 Å². The average Bonchev–Trinajstić information content (AvgIpc) is 3.24. The number of anilines is 1. The van der Waals surface area contributed by atoms with Crippen molar-refractivity contribution in [3.63, 3.8) is 0 Å². The lowest BCUT2D eigenvalue weighted by Gasteiger charge is -2.10. The molecule has 3 aromatic heterocycles. The molecule has 0 N–H and O–H groups in total. The highest BCUT2D eigenvalue weighted by atomic mass is 32.2. The van der Waals surface area contributed by atoms with Gasteiger partial charge >= 0.3 is 0 Å². The number of nitrogens with zero attached hydrogens (tertiary/aromatic N) is 5. The number of hydrogen-bond acceptors (Lipinski definition) is 6. The summed E-state index contributed by atoms with van der Waals surface area (Å²) < 4.78 is 3.11. The number of thioether (sulfide) groups is 1. The Bertz CT molecular complexity index is 788. The number of aromatic nitrogens is 4. The Hall–Kier alpha value is -1.60. The molecule has 0 bridgehead atoms. The maximum absolute atomic E-state index is 4.64. The molecule has 0 saturated carbocycles. The zero-order chi connectivity index (χ0) is 14.9. The Kier molecular flexibility index (Phi) is 3.75. The van der Waals surface area contributed by atoms with Crippen LogP contribution in [-0.2, 0) is 5.75 Å². The van der Waals surface area contributed by atoms with Crippen molar-refractivity contribution in [2.24, 2.45) is 0 Å². The van der Waals surface area contributed by atoms with Crippen molar-refractivity contribution >= 4 is 33.9 Å². The Balaban J connectivity index is 1.44. The molecule has 0 radical (unpaired) electrons. The molecule has 7 heteroatoms. The van der Waals surface area contributed by atoms with Crippen LogP contribution in [0.3, 0.4) is 0 Å². The zero-order valence-corrected chi connectivity index (χ0v) is 14.0. The van der Waals surface area contributed by atoms with E-state index in [1.807, 2.05) is 0 Å². The van der Waals surface area contributed by atoms with E-state index < -0.39 is 0 Å². The minimum absolute atomic E-state index is 0.829. The van der Waals surface area contributed by atoms with Gasteiger partial charge in [-0.25, -0.2) is 4.98 Å². The molecule has 1 saturated heterocycles. The molecule has 1 aliphatic heterocycles. The summed E-state index contributed by atoms with van der Waals surface area (Å²) in [6.07, 6.45) is 6.73. The second-order valence-electron chi connectivity index (χ2n) is 5.54. The molecule has 4 rings (SSSR count). The van der Waals surface area contributed by atoms with E-state index in [4.69, 9.17) is 0 Å². The number of pyridine rings is 1. The van der Waals surface area contributed by atoms with Crippen molar-refractivity contribution in [3.05, 3.63) is 35.8 Å². The molecule has 0 amide bonds. The van der Waals surface area contributed by atoms with Crippen LogP contribution in [0.25, 0.3) is 5.65 Å². The van der Waals surface area contributed by atoms with Crippen LogP contribution in [0.15, 0.2) is 28.9 Å². The zero-order valence-electron chi connectivity index (χ0n) is 12.4. The normalized spacial score (nSPS) is 15.0. The predicted molar refractivity (Wildman–Crippen MR) is 90.8 cm³/mol. The van der Waals surface area contributed by atoms with Crippen molar-refractivity contribution in [1.82, 2.24) is 19.6 Å². The molecular weight excluding hydrogens is 314 g/mol. The first-order valence-corrected chi connectivity index (χ1v) is 9.24. The lowest BCUT2D eigenvalue weighted by Crippen LogP contribution is -2.17. The molecule has 4 heterocycles. The van der Waals surface area contributed by atoms with Gasteiger partial charge in [-0.15, -0.1) is 10.2 Å². The molecule has 3 aromatic rings. The van der Waals surface area contributed by atoms with Crippen LogP contribution in [-0.4, -0.2) is 32.7 Å². The van der Waals surface area contributed by atoms with E-state index in [0.717, 1.165) is 39.7 Å². The first kappa shape index (κ1) is 14.0. The van der Waals surface area contributed by atoms with Crippen LogP contribution in [0.4, 0.5) is 5.13 Å². The first-order valence-electron chi connectivity index (χ1n) is 7.43. The predicted octanol–water partition coefficient (Wildman–Crippen LogP) is 3.39. The summed E-state index contributed by atoms with van der Waals surface area (Å²) in [5.74, 6) is 0.829. The van der Waals surface area contributed by atoms with Crippen molar-refractivity contribution in [2.75, 3.05) is 18.0 Å². The van der Waals surface area contributed by atoms with Crippen molar-refractivity contribution in [2.45, 2.75) is 29.9 Å². The highest BCUT2D eigenvalue weighted by Crippen LogP contribution is 2.31. The molecule has 1 aliphatic rings. The van der Waals surface area contributed by atoms with Crippen LogP contribution < -0.4 is 4.90 Å². The second-order valence-corrected chi connectivity index (χ2v) is 7.72. The monoisotopic (exact) mass is 331 g/mol. The van der Waals surface area contributed by atoms with Gasteiger partial charge in [0.1, 0.15) is 5.65 Å². The fraction of sp³-hybridized carbons (Fsp3) is 0.400. The molecule has 1 fully saturated rings. The van der Waals surface area contributed by atoms with Crippen LogP contribution in [0.1, 0.15) is 24.1 Å². The van der Waals surface area contributed by atoms with E-state index >= 15 is 0 Å². The number of aryl methyl sites for hydroxylation is 1. The molecule has 0 aliphatic carbocycles. The van der Waals surface area contributed by atoms with Gasteiger partial charge in [0.25, 0.3) is 0 Å². The number of rotatable bonds is 4. The fourth-order valence-corrected chi connectivity index (χ4v) is 4.43. The maximum atomic E-state index is 4.64. The Labute approximate surface area is 137 Å². The fourth-order valence-electron chi connectivity index (χ4n) is 2.66. The van der Waals surface area contributed by atoms with Crippen LogP contribution in [0, 0.1) is 6.92 Å². The van der Waals surface area contributed by atoms with Gasteiger partial charge in [-0.1, -0.05) is 29.2 Å². The van der Waals surface area contributed by atoms with Crippen molar-refractivity contribution < 1.29 is 0 Å². The Morgan fingerprint density at radius 3 is 2.91 bits per heavy atom. The lowest BCUT2D eigenvalue weighted by molar-refractivity contribution is 0.912. The molecule has 0 aromatic carbocycles.